The molecule has 0 radical (unpaired) electrons. The Hall–Kier alpha value is -7.11. The Balaban J connectivity index is 1.06. The molecule has 288 valence electrons. The van der Waals surface area contributed by atoms with Gasteiger partial charge in [0.25, 0.3) is 0 Å². The second-order valence-electron chi connectivity index (χ2n) is 16.5. The van der Waals surface area contributed by atoms with E-state index in [0.717, 1.165) is 56.7 Å². The van der Waals surface area contributed by atoms with E-state index in [1.807, 2.05) is 6.20 Å². The molecule has 0 spiro atoms. The highest BCUT2D eigenvalue weighted by molar-refractivity contribution is 6.09. The van der Waals surface area contributed by atoms with Crippen LogP contribution in [0, 0.1) is 0 Å². The predicted octanol–water partition coefficient (Wildman–Crippen LogP) is 13.9. The quantitative estimate of drug-likeness (QED) is 0.146. The first-order chi connectivity index (χ1) is 28.8. The summed E-state index contributed by atoms with van der Waals surface area (Å²) in [6.07, 6.45) is 1.92. The van der Waals surface area contributed by atoms with E-state index in [2.05, 4.69) is 230 Å². The second-order valence-corrected chi connectivity index (χ2v) is 16.5. The molecular weight excluding hydrogens is 721 g/mol. The molecule has 5 nitrogen and oxygen atoms in total. The summed E-state index contributed by atoms with van der Waals surface area (Å²) < 4.78 is 9.42. The van der Waals surface area contributed by atoms with E-state index >= 15 is 0 Å². The van der Waals surface area contributed by atoms with Crippen LogP contribution in [0.1, 0.15) is 49.9 Å². The van der Waals surface area contributed by atoms with E-state index in [1.54, 1.807) is 0 Å². The molecule has 5 heteroatoms. The summed E-state index contributed by atoms with van der Waals surface area (Å²) in [7, 11) is 0. The monoisotopic (exact) mass is 766 g/mol. The number of para-hydroxylation sites is 6. The highest BCUT2D eigenvalue weighted by atomic mass is 16.5. The van der Waals surface area contributed by atoms with Gasteiger partial charge in [-0.25, -0.2) is 4.98 Å². The lowest BCUT2D eigenvalue weighted by Crippen LogP contribution is -2.25. The fourth-order valence-corrected chi connectivity index (χ4v) is 8.91. The third-order valence-corrected chi connectivity index (χ3v) is 12.3. The van der Waals surface area contributed by atoms with Crippen molar-refractivity contribution in [1.29, 1.82) is 0 Å². The Kier molecular flexibility index (Phi) is 8.83. The molecule has 2 aromatic heterocycles. The van der Waals surface area contributed by atoms with Crippen LogP contribution in [-0.4, -0.2) is 16.2 Å². The lowest BCUT2D eigenvalue weighted by atomic mass is 9.78. The van der Waals surface area contributed by atoms with Crippen molar-refractivity contribution in [3.05, 3.63) is 217 Å². The van der Waals surface area contributed by atoms with Crippen LogP contribution in [0.2, 0.25) is 0 Å². The summed E-state index contributed by atoms with van der Waals surface area (Å²) in [5.74, 6) is 2.33. The fraction of sp³-hybridized carbons (Fsp3) is 0.130. The van der Waals surface area contributed by atoms with Crippen LogP contribution in [0.15, 0.2) is 194 Å². The van der Waals surface area contributed by atoms with Gasteiger partial charge < -0.3 is 14.5 Å². The maximum absolute atomic E-state index is 7.15. The van der Waals surface area contributed by atoms with Crippen LogP contribution in [0.4, 0.5) is 22.7 Å². The van der Waals surface area contributed by atoms with Crippen LogP contribution in [-0.2, 0) is 10.8 Å². The summed E-state index contributed by atoms with van der Waals surface area (Å²) in [6.45, 7) is 9.78. The maximum Gasteiger partial charge on any atom is 0.151 e. The summed E-state index contributed by atoms with van der Waals surface area (Å²) in [5.41, 5.74) is 10.9. The highest BCUT2D eigenvalue weighted by Gasteiger charge is 2.33. The number of benzene rings is 7. The third-order valence-electron chi connectivity index (χ3n) is 12.3. The third kappa shape index (κ3) is 6.22. The van der Waals surface area contributed by atoms with Gasteiger partial charge in [-0.05, 0) is 71.3 Å². The van der Waals surface area contributed by atoms with E-state index < -0.39 is 5.41 Å². The maximum atomic E-state index is 7.15. The molecule has 0 amide bonds. The Morgan fingerprint density at radius 2 is 0.983 bits per heavy atom. The molecule has 0 bridgehead atoms. The summed E-state index contributed by atoms with van der Waals surface area (Å²) in [6, 6.07) is 66.8. The molecule has 0 fully saturated rings. The first-order valence-electron chi connectivity index (χ1n) is 20.4. The Labute approximate surface area is 346 Å². The zero-order chi connectivity index (χ0) is 40.1. The number of fused-ring (bicyclic) bond motifs is 4. The van der Waals surface area contributed by atoms with Gasteiger partial charge in [-0.3, -0.25) is 4.57 Å². The normalized spacial score (nSPS) is 12.9. The largest absolute Gasteiger partial charge is 0.453 e. The zero-order valence-electron chi connectivity index (χ0n) is 33.9. The molecule has 59 heavy (non-hydrogen) atoms. The van der Waals surface area contributed by atoms with E-state index in [0.29, 0.717) is 6.67 Å². The molecule has 1 aliphatic rings. The number of rotatable bonds is 9. The van der Waals surface area contributed by atoms with Gasteiger partial charge in [0.05, 0.1) is 34.3 Å². The SMILES string of the molecule is CC(C)(c1ccccc1)c1cccc(N2CN(c3ccccc3Oc3cnc(-n4c5ccccc5c5ccccc54)cc3C(C)(C)c3ccccc3)c3ccccc32)c1. The lowest BCUT2D eigenvalue weighted by molar-refractivity contribution is 0.459. The van der Waals surface area contributed by atoms with Gasteiger partial charge in [-0.2, -0.15) is 0 Å². The first-order valence-corrected chi connectivity index (χ1v) is 20.4. The number of pyridine rings is 1. The van der Waals surface area contributed by atoms with Crippen molar-refractivity contribution < 1.29 is 4.74 Å². The van der Waals surface area contributed by atoms with Crippen molar-refractivity contribution >= 4 is 44.6 Å². The van der Waals surface area contributed by atoms with Gasteiger partial charge in [-0.15, -0.1) is 0 Å². The molecular formula is C54H46N4O. The van der Waals surface area contributed by atoms with Gasteiger partial charge in [0.1, 0.15) is 18.2 Å². The molecule has 0 N–H and O–H groups in total. The van der Waals surface area contributed by atoms with Crippen LogP contribution in [0.25, 0.3) is 27.6 Å². The van der Waals surface area contributed by atoms with E-state index in [1.165, 1.54) is 27.5 Å². The summed E-state index contributed by atoms with van der Waals surface area (Å²) >= 11 is 0. The number of nitrogens with zero attached hydrogens (tertiary/aromatic N) is 4. The topological polar surface area (TPSA) is 33.5 Å². The van der Waals surface area contributed by atoms with Crippen LogP contribution in [0.3, 0.4) is 0 Å². The summed E-state index contributed by atoms with van der Waals surface area (Å²) in [4.78, 5) is 9.93. The molecule has 9 aromatic rings. The van der Waals surface area contributed by atoms with Crippen LogP contribution >= 0.6 is 0 Å². The Morgan fingerprint density at radius 1 is 0.458 bits per heavy atom. The van der Waals surface area contributed by atoms with Crippen molar-refractivity contribution in [2.75, 3.05) is 16.5 Å². The molecule has 0 saturated heterocycles. The molecule has 0 saturated carbocycles. The molecule has 0 atom stereocenters. The van der Waals surface area contributed by atoms with Crippen LogP contribution < -0.4 is 14.5 Å². The molecule has 1 aliphatic heterocycles. The smallest absolute Gasteiger partial charge is 0.151 e. The number of hydrogen-bond acceptors (Lipinski definition) is 4. The van der Waals surface area contributed by atoms with Crippen molar-refractivity contribution in [2.45, 2.75) is 38.5 Å². The van der Waals surface area contributed by atoms with Gasteiger partial charge >= 0.3 is 0 Å². The lowest BCUT2D eigenvalue weighted by Gasteiger charge is -2.30. The average molecular weight is 767 g/mol. The molecule has 3 heterocycles. The van der Waals surface area contributed by atoms with E-state index in [9.17, 15) is 0 Å². The fourth-order valence-electron chi connectivity index (χ4n) is 8.91. The molecule has 10 rings (SSSR count). The van der Waals surface area contributed by atoms with Crippen molar-refractivity contribution in [3.8, 4) is 17.3 Å². The van der Waals surface area contributed by atoms with Gasteiger partial charge in [-0.1, -0.05) is 161 Å². The number of hydrogen-bond donors (Lipinski definition) is 0. The molecule has 7 aromatic carbocycles. The average Bonchev–Trinajstić information content (AvgIpc) is 3.84. The zero-order valence-corrected chi connectivity index (χ0v) is 33.9. The highest BCUT2D eigenvalue weighted by Crippen LogP contribution is 2.49. The van der Waals surface area contributed by atoms with Gasteiger partial charge in [0, 0.05) is 32.9 Å². The number of aromatic nitrogens is 2. The predicted molar refractivity (Wildman–Crippen MR) is 244 cm³/mol. The molecule has 0 unspecified atom stereocenters. The Morgan fingerprint density at radius 3 is 1.64 bits per heavy atom. The van der Waals surface area contributed by atoms with E-state index in [4.69, 9.17) is 9.72 Å². The second kappa shape index (κ2) is 14.4. The first kappa shape index (κ1) is 36.2. The minimum Gasteiger partial charge on any atom is -0.453 e. The molecule has 0 aliphatic carbocycles. The Bertz CT molecular complexity index is 2910. The van der Waals surface area contributed by atoms with Crippen molar-refractivity contribution in [1.82, 2.24) is 9.55 Å². The number of ether oxygens (including phenoxy) is 1. The standard InChI is InChI=1S/C54H46N4O/c1-53(2,38-20-7-5-8-21-38)40-24-19-25-41(34-40)56-37-57(48-31-16-15-30-47(48)56)49-32-17-18-33-50(49)59-51-36-55-52(35-44(51)54(3,4)39-22-9-6-10-23-39)58-45-28-13-11-26-42(45)43-27-12-14-29-46(43)58/h5-36H,37H2,1-4H3. The minimum absolute atomic E-state index is 0.160. The van der Waals surface area contributed by atoms with E-state index in [-0.39, 0.29) is 5.41 Å². The van der Waals surface area contributed by atoms with Crippen molar-refractivity contribution in [3.63, 3.8) is 0 Å². The summed E-state index contributed by atoms with van der Waals surface area (Å²) in [5, 5.41) is 2.41. The van der Waals surface area contributed by atoms with Gasteiger partial charge in [0.2, 0.25) is 0 Å². The number of anilines is 4. The van der Waals surface area contributed by atoms with Crippen molar-refractivity contribution in [2.24, 2.45) is 0 Å². The van der Waals surface area contributed by atoms with Crippen LogP contribution in [0.5, 0.6) is 11.5 Å². The van der Waals surface area contributed by atoms with Gasteiger partial charge in [0.15, 0.2) is 5.75 Å². The minimum atomic E-state index is -0.419.